The van der Waals surface area contributed by atoms with Gasteiger partial charge in [0.2, 0.25) is 0 Å². The summed E-state index contributed by atoms with van der Waals surface area (Å²) in [6.45, 7) is 6.70. The van der Waals surface area contributed by atoms with E-state index in [1.807, 2.05) is 39.0 Å². The van der Waals surface area contributed by atoms with E-state index in [1.165, 1.54) is 20.3 Å². The summed E-state index contributed by atoms with van der Waals surface area (Å²) in [5, 5.41) is 10.7. The van der Waals surface area contributed by atoms with Gasteiger partial charge in [0.25, 0.3) is 5.91 Å². The third-order valence-corrected chi connectivity index (χ3v) is 7.88. The van der Waals surface area contributed by atoms with Crippen LogP contribution in [0.2, 0.25) is 0 Å². The third kappa shape index (κ3) is 7.47. The Labute approximate surface area is 261 Å². The summed E-state index contributed by atoms with van der Waals surface area (Å²) in [6.07, 6.45) is 1.92. The van der Waals surface area contributed by atoms with Gasteiger partial charge in [-0.3, -0.25) is 9.89 Å². The largest absolute Gasteiger partial charge is 0.496 e. The zero-order chi connectivity index (χ0) is 32.1. The summed E-state index contributed by atoms with van der Waals surface area (Å²) in [6, 6.07) is 15.6. The van der Waals surface area contributed by atoms with Gasteiger partial charge in [-0.2, -0.15) is 5.10 Å². The van der Waals surface area contributed by atoms with E-state index >= 15 is 4.39 Å². The first-order chi connectivity index (χ1) is 21.6. The molecule has 4 aromatic rings. The number of amides is 2. The molecule has 0 aliphatic carbocycles. The summed E-state index contributed by atoms with van der Waals surface area (Å²) >= 11 is 0. The number of hydrogen-bond acceptors (Lipinski definition) is 7. The van der Waals surface area contributed by atoms with E-state index in [2.05, 4.69) is 15.5 Å². The lowest BCUT2D eigenvalue weighted by atomic mass is 9.80. The quantitative estimate of drug-likeness (QED) is 0.234. The fraction of sp³-hybridized carbons (Fsp3) is 0.382. The topological polar surface area (TPSA) is 115 Å². The van der Waals surface area contributed by atoms with Crippen LogP contribution in [0.25, 0.3) is 10.9 Å². The number of halogens is 1. The smallest absolute Gasteiger partial charge is 0.410 e. The number of aromatic amines is 1. The van der Waals surface area contributed by atoms with Gasteiger partial charge in [-0.15, -0.1) is 0 Å². The van der Waals surface area contributed by atoms with Gasteiger partial charge in [0.05, 0.1) is 50.2 Å². The molecule has 1 aliphatic rings. The Hall–Kier alpha value is -4.80. The van der Waals surface area contributed by atoms with Gasteiger partial charge >= 0.3 is 6.09 Å². The molecule has 0 bridgehead atoms. The maximum Gasteiger partial charge on any atom is 0.410 e. The Morgan fingerprint density at radius 1 is 1.07 bits per heavy atom. The number of fused-ring (bicyclic) bond motifs is 1. The first kappa shape index (κ1) is 31.6. The lowest BCUT2D eigenvalue weighted by Gasteiger charge is -2.39. The van der Waals surface area contributed by atoms with Crippen LogP contribution in [0.4, 0.5) is 9.18 Å². The summed E-state index contributed by atoms with van der Waals surface area (Å²) in [5.74, 6) is 0.312. The van der Waals surface area contributed by atoms with Crippen molar-refractivity contribution in [3.8, 4) is 17.2 Å². The van der Waals surface area contributed by atoms with Gasteiger partial charge in [-0.05, 0) is 81.1 Å². The number of ether oxygens (including phenoxy) is 4. The number of carbonyl (C=O) groups is 2. The number of H-pyrrole nitrogens is 1. The van der Waals surface area contributed by atoms with Crippen LogP contribution < -0.4 is 19.5 Å². The monoisotopic (exact) mass is 618 g/mol. The van der Waals surface area contributed by atoms with Gasteiger partial charge in [-0.1, -0.05) is 12.1 Å². The Balaban J connectivity index is 1.36. The summed E-state index contributed by atoms with van der Waals surface area (Å²) < 4.78 is 37.8. The van der Waals surface area contributed by atoms with Crippen molar-refractivity contribution in [3.05, 3.63) is 83.3 Å². The first-order valence-electron chi connectivity index (χ1n) is 14.9. The van der Waals surface area contributed by atoms with Crippen molar-refractivity contribution in [1.82, 2.24) is 20.4 Å². The van der Waals surface area contributed by atoms with E-state index in [0.717, 1.165) is 16.5 Å². The summed E-state index contributed by atoms with van der Waals surface area (Å²) in [7, 11) is 3.07. The Morgan fingerprint density at radius 3 is 2.53 bits per heavy atom. The van der Waals surface area contributed by atoms with E-state index in [0.29, 0.717) is 48.9 Å². The standard InChI is InChI=1S/C34H39FN4O6/c1-34(2,3)45-33(41)39-14-13-25(23(19-39)20-44-24-10-12-29-22(15-24)17-37-38-29)21-9-11-28(35)26(16-21)32(40)36-18-27-30(42-4)7-6-8-31(27)43-5/h6-12,15-17,23,25H,13-14,18-20H2,1-5H3,(H,36,40)(H,37,38)/t23-,25-/m0/s1. The van der Waals surface area contributed by atoms with Crippen LogP contribution in [0.5, 0.6) is 17.2 Å². The molecule has 1 saturated heterocycles. The van der Waals surface area contributed by atoms with E-state index in [-0.39, 0.29) is 23.9 Å². The van der Waals surface area contributed by atoms with Crippen molar-refractivity contribution in [2.24, 2.45) is 5.92 Å². The summed E-state index contributed by atoms with van der Waals surface area (Å²) in [4.78, 5) is 28.0. The Bertz CT molecular complexity index is 1640. The highest BCUT2D eigenvalue weighted by atomic mass is 19.1. The van der Waals surface area contributed by atoms with Crippen molar-refractivity contribution >= 4 is 22.9 Å². The SMILES string of the molecule is COc1cccc(OC)c1CNC(=O)c1cc([C@@H]2CCN(C(=O)OC(C)(C)C)C[C@H]2COc2ccc3[nH]ncc3c2)ccc1F. The fourth-order valence-electron chi connectivity index (χ4n) is 5.66. The van der Waals surface area contributed by atoms with Crippen LogP contribution in [-0.4, -0.2) is 66.6 Å². The number of nitrogens with one attached hydrogen (secondary N) is 2. The molecule has 10 nitrogen and oxygen atoms in total. The molecule has 1 aromatic heterocycles. The molecule has 45 heavy (non-hydrogen) atoms. The van der Waals surface area contributed by atoms with Crippen molar-refractivity contribution in [2.45, 2.75) is 45.3 Å². The Morgan fingerprint density at radius 2 is 1.82 bits per heavy atom. The first-order valence-corrected chi connectivity index (χ1v) is 14.9. The Kier molecular flexibility index (Phi) is 9.45. The molecule has 238 valence electrons. The molecule has 1 fully saturated rings. The number of aromatic nitrogens is 2. The normalized spacial score (nSPS) is 16.7. The molecule has 2 N–H and O–H groups in total. The predicted octanol–water partition coefficient (Wildman–Crippen LogP) is 6.07. The number of carbonyl (C=O) groups excluding carboxylic acids is 2. The predicted molar refractivity (Wildman–Crippen MR) is 167 cm³/mol. The second-order valence-corrected chi connectivity index (χ2v) is 12.1. The fourth-order valence-corrected chi connectivity index (χ4v) is 5.66. The number of nitrogens with zero attached hydrogens (tertiary/aromatic N) is 2. The molecule has 5 rings (SSSR count). The second kappa shape index (κ2) is 13.5. The molecule has 11 heteroatoms. The van der Waals surface area contributed by atoms with Gasteiger partial charge < -0.3 is 29.2 Å². The number of likely N-dealkylation sites (tertiary alicyclic amines) is 1. The van der Waals surface area contributed by atoms with Crippen LogP contribution in [-0.2, 0) is 11.3 Å². The van der Waals surface area contributed by atoms with Gasteiger partial charge in [-0.25, -0.2) is 9.18 Å². The summed E-state index contributed by atoms with van der Waals surface area (Å²) in [5.41, 5.74) is 1.63. The van der Waals surface area contributed by atoms with Gasteiger partial charge in [0, 0.05) is 24.4 Å². The minimum Gasteiger partial charge on any atom is -0.496 e. The van der Waals surface area contributed by atoms with Gasteiger partial charge in [0.15, 0.2) is 0 Å². The van der Waals surface area contributed by atoms with Crippen LogP contribution in [0.3, 0.4) is 0 Å². The third-order valence-electron chi connectivity index (χ3n) is 7.88. The molecule has 2 atom stereocenters. The molecule has 2 amide bonds. The zero-order valence-electron chi connectivity index (χ0n) is 26.2. The van der Waals surface area contributed by atoms with Crippen LogP contribution in [0.1, 0.15) is 54.6 Å². The molecular formula is C34H39FN4O6. The zero-order valence-corrected chi connectivity index (χ0v) is 26.2. The number of benzene rings is 3. The molecule has 0 spiro atoms. The van der Waals surface area contributed by atoms with Crippen LogP contribution in [0.15, 0.2) is 60.8 Å². The van der Waals surface area contributed by atoms with Crippen molar-refractivity contribution in [1.29, 1.82) is 0 Å². The molecule has 0 saturated carbocycles. The maximum absolute atomic E-state index is 15.1. The molecule has 0 unspecified atom stereocenters. The van der Waals surface area contributed by atoms with Crippen molar-refractivity contribution in [3.63, 3.8) is 0 Å². The average molecular weight is 619 g/mol. The highest BCUT2D eigenvalue weighted by Gasteiger charge is 2.35. The number of rotatable bonds is 9. The van der Waals surface area contributed by atoms with E-state index in [4.69, 9.17) is 18.9 Å². The van der Waals surface area contributed by atoms with Gasteiger partial charge in [0.1, 0.15) is 28.7 Å². The lowest BCUT2D eigenvalue weighted by molar-refractivity contribution is 0.0111. The molecular weight excluding hydrogens is 579 g/mol. The van der Waals surface area contributed by atoms with Crippen molar-refractivity contribution in [2.75, 3.05) is 33.9 Å². The van der Waals surface area contributed by atoms with Crippen LogP contribution in [0, 0.1) is 11.7 Å². The molecule has 3 aromatic carbocycles. The number of piperidine rings is 1. The second-order valence-electron chi connectivity index (χ2n) is 12.1. The van der Waals surface area contributed by atoms with Crippen molar-refractivity contribution < 1.29 is 32.9 Å². The van der Waals surface area contributed by atoms with Crippen LogP contribution >= 0.6 is 0 Å². The van der Waals surface area contributed by atoms with E-state index in [9.17, 15) is 9.59 Å². The highest BCUT2D eigenvalue weighted by Crippen LogP contribution is 2.36. The number of methoxy groups -OCH3 is 2. The lowest BCUT2D eigenvalue weighted by Crippen LogP contribution is -2.46. The molecule has 1 aliphatic heterocycles. The minimum atomic E-state index is -0.632. The highest BCUT2D eigenvalue weighted by molar-refractivity contribution is 5.94. The maximum atomic E-state index is 15.1. The average Bonchev–Trinajstić information content (AvgIpc) is 3.50. The molecule has 2 heterocycles. The minimum absolute atomic E-state index is 0.0685. The van der Waals surface area contributed by atoms with E-state index in [1.54, 1.807) is 41.4 Å². The van der Waals surface area contributed by atoms with E-state index < -0.39 is 23.4 Å². The number of hydrogen-bond donors (Lipinski definition) is 2. The molecule has 0 radical (unpaired) electrons.